The molecule has 2 aromatic rings. The smallest absolute Gasteiger partial charge is 0.102 e. The molecule has 144 valence electrons. The maximum Gasteiger partial charge on any atom is 0.102 e. The maximum absolute atomic E-state index is 10.4. The average molecular weight is 385 g/mol. The van der Waals surface area contributed by atoms with Gasteiger partial charge in [0, 0.05) is 53.7 Å². The molecule has 5 nitrogen and oxygen atoms in total. The fourth-order valence-electron chi connectivity index (χ4n) is 4.07. The molecule has 2 aromatic heterocycles. The van der Waals surface area contributed by atoms with Crippen LogP contribution in [-0.2, 0) is 0 Å². The number of aryl methyl sites for hydroxylation is 1. The van der Waals surface area contributed by atoms with Gasteiger partial charge >= 0.3 is 0 Å². The lowest BCUT2D eigenvalue weighted by molar-refractivity contribution is 0.0202. The number of aliphatic hydroxyl groups is 1. The van der Waals surface area contributed by atoms with Crippen molar-refractivity contribution in [2.24, 2.45) is 0 Å². The Balaban J connectivity index is 1.81. The molecular formula is C21H28N4OS. The fourth-order valence-corrected chi connectivity index (χ4v) is 4.95. The molecule has 0 spiro atoms. The zero-order valence-electron chi connectivity index (χ0n) is 16.5. The second-order valence-electron chi connectivity index (χ2n) is 8.28. The third kappa shape index (κ3) is 3.74. The second-order valence-corrected chi connectivity index (χ2v) is 9.53. The van der Waals surface area contributed by atoms with E-state index < -0.39 is 5.60 Å². The van der Waals surface area contributed by atoms with Crippen molar-refractivity contribution in [1.82, 2.24) is 14.8 Å². The highest BCUT2D eigenvalue weighted by Gasteiger charge is 2.32. The van der Waals surface area contributed by atoms with Gasteiger partial charge in [-0.3, -0.25) is 9.88 Å². The molecule has 1 unspecified atom stereocenters. The van der Waals surface area contributed by atoms with Gasteiger partial charge in [0.2, 0.25) is 0 Å². The molecule has 0 amide bonds. The molecule has 4 heterocycles. The number of nitrogens with one attached hydrogen (secondary N) is 1. The molecule has 27 heavy (non-hydrogen) atoms. The van der Waals surface area contributed by atoms with E-state index in [1.54, 1.807) is 11.3 Å². The Labute approximate surface area is 164 Å². The van der Waals surface area contributed by atoms with E-state index in [1.807, 2.05) is 26.1 Å². The summed E-state index contributed by atoms with van der Waals surface area (Å²) in [5.41, 5.74) is 1.77. The lowest BCUT2D eigenvalue weighted by Gasteiger charge is -2.43. The van der Waals surface area contributed by atoms with Crippen LogP contribution in [0.1, 0.15) is 30.7 Å². The number of likely N-dealkylation sites (N-methyl/N-ethyl adjacent to an activating group) is 1. The van der Waals surface area contributed by atoms with E-state index >= 15 is 0 Å². The van der Waals surface area contributed by atoms with E-state index in [0.717, 1.165) is 36.6 Å². The zero-order chi connectivity index (χ0) is 19.2. The van der Waals surface area contributed by atoms with Crippen molar-refractivity contribution in [3.8, 4) is 0 Å². The van der Waals surface area contributed by atoms with Gasteiger partial charge < -0.3 is 15.3 Å². The second kappa shape index (κ2) is 6.93. The molecular weight excluding hydrogens is 356 g/mol. The summed E-state index contributed by atoms with van der Waals surface area (Å²) in [6, 6.07) is 6.68. The summed E-state index contributed by atoms with van der Waals surface area (Å²) >= 11 is 1.79. The summed E-state index contributed by atoms with van der Waals surface area (Å²) in [4.78, 5) is 10.9. The molecule has 2 N–H and O–H groups in total. The normalized spacial score (nSPS) is 20.4. The minimum Gasteiger partial charge on any atom is -0.390 e. The lowest BCUT2D eigenvalue weighted by atomic mass is 9.96. The molecule has 0 aliphatic carbocycles. The Hall–Kier alpha value is -1.89. The highest BCUT2D eigenvalue weighted by Crippen LogP contribution is 2.35. The van der Waals surface area contributed by atoms with Crippen LogP contribution in [-0.4, -0.2) is 58.2 Å². The molecule has 2 aliphatic heterocycles. The van der Waals surface area contributed by atoms with Crippen LogP contribution in [0, 0.1) is 6.92 Å². The van der Waals surface area contributed by atoms with Gasteiger partial charge in [0.05, 0.1) is 16.6 Å². The standard InChI is InChI=1S/C21H28N4OS/c1-14-10-17-19(18-15(6-5-7-22-18)12-23-20(17)27-14)25-9-8-24(4)16(13-25)11-21(2,3)26/h5-7,10,12,16,23,26H,8-9,11,13H2,1-4H3. The number of anilines is 1. The predicted octanol–water partition coefficient (Wildman–Crippen LogP) is 1.55. The number of aromatic nitrogens is 1. The van der Waals surface area contributed by atoms with Crippen molar-refractivity contribution in [2.75, 3.05) is 32.0 Å². The van der Waals surface area contributed by atoms with E-state index in [4.69, 9.17) is 4.98 Å². The number of thiophene rings is 1. The molecule has 0 saturated carbocycles. The van der Waals surface area contributed by atoms with Gasteiger partial charge in [0.15, 0.2) is 0 Å². The predicted molar refractivity (Wildman–Crippen MR) is 112 cm³/mol. The third-order valence-corrected chi connectivity index (χ3v) is 6.34. The number of fused-ring (bicyclic) bond motifs is 2. The zero-order valence-corrected chi connectivity index (χ0v) is 17.3. The summed E-state index contributed by atoms with van der Waals surface area (Å²) in [6.07, 6.45) is 4.69. The topological polar surface area (TPSA) is 51.6 Å². The van der Waals surface area contributed by atoms with Crippen molar-refractivity contribution >= 4 is 28.2 Å². The number of hydrogen-bond donors (Lipinski definition) is 2. The van der Waals surface area contributed by atoms with E-state index in [9.17, 15) is 5.11 Å². The number of hydrogen-bond acceptors (Lipinski definition) is 6. The Kier molecular flexibility index (Phi) is 4.74. The molecule has 0 bridgehead atoms. The van der Waals surface area contributed by atoms with Crippen molar-refractivity contribution in [2.45, 2.75) is 38.8 Å². The van der Waals surface area contributed by atoms with Crippen LogP contribution >= 0.6 is 11.3 Å². The third-order valence-electron chi connectivity index (χ3n) is 5.36. The Morgan fingerprint density at radius 3 is 2.96 bits per heavy atom. The van der Waals surface area contributed by atoms with Gasteiger partial charge in [-0.05, 0) is 52.4 Å². The van der Waals surface area contributed by atoms with Crippen molar-refractivity contribution < 1.29 is 5.11 Å². The minimum atomic E-state index is -0.675. The first-order valence-electron chi connectivity index (χ1n) is 9.52. The van der Waals surface area contributed by atoms with Crippen LogP contribution in [0.3, 0.4) is 0 Å². The summed E-state index contributed by atoms with van der Waals surface area (Å²) in [6.45, 7) is 8.77. The number of pyridine rings is 1. The first-order valence-corrected chi connectivity index (χ1v) is 10.3. The Morgan fingerprint density at radius 2 is 2.19 bits per heavy atom. The quantitative estimate of drug-likeness (QED) is 0.841. The van der Waals surface area contributed by atoms with Crippen LogP contribution in [0.5, 0.6) is 0 Å². The van der Waals surface area contributed by atoms with Crippen LogP contribution < -0.4 is 15.9 Å². The monoisotopic (exact) mass is 384 g/mol. The van der Waals surface area contributed by atoms with E-state index in [1.165, 1.54) is 21.1 Å². The minimum absolute atomic E-state index is 0.307. The highest BCUT2D eigenvalue weighted by molar-refractivity contribution is 7.16. The molecule has 6 heteroatoms. The highest BCUT2D eigenvalue weighted by atomic mass is 32.1. The first kappa shape index (κ1) is 18.5. The lowest BCUT2D eigenvalue weighted by Crippen LogP contribution is -2.54. The molecule has 1 atom stereocenters. The summed E-state index contributed by atoms with van der Waals surface area (Å²) < 4.78 is 0. The van der Waals surface area contributed by atoms with Gasteiger partial charge in [0.1, 0.15) is 5.00 Å². The van der Waals surface area contributed by atoms with Crippen LogP contribution in [0.4, 0.5) is 5.00 Å². The van der Waals surface area contributed by atoms with Crippen molar-refractivity contribution in [3.63, 3.8) is 0 Å². The molecule has 1 fully saturated rings. The summed E-state index contributed by atoms with van der Waals surface area (Å²) in [7, 11) is 2.16. The maximum atomic E-state index is 10.4. The van der Waals surface area contributed by atoms with Crippen molar-refractivity contribution in [3.05, 3.63) is 45.4 Å². The number of nitrogens with zero attached hydrogens (tertiary/aromatic N) is 3. The molecule has 0 radical (unpaired) electrons. The van der Waals surface area contributed by atoms with Gasteiger partial charge in [-0.15, -0.1) is 11.3 Å². The van der Waals surface area contributed by atoms with Gasteiger partial charge in [-0.1, -0.05) is 0 Å². The van der Waals surface area contributed by atoms with E-state index in [2.05, 4.69) is 47.4 Å². The summed E-state index contributed by atoms with van der Waals surface area (Å²) in [5.74, 6) is 0. The van der Waals surface area contributed by atoms with Crippen LogP contribution in [0.15, 0.2) is 24.4 Å². The SMILES string of the molecule is Cc1cc2c(s1)NC=c1cccnc1=C2N1CCN(C)C(CC(C)(C)O)C1. The fraction of sp³-hybridized carbons (Fsp3) is 0.476. The van der Waals surface area contributed by atoms with Gasteiger partial charge in [-0.2, -0.15) is 0 Å². The Morgan fingerprint density at radius 1 is 1.37 bits per heavy atom. The first-order chi connectivity index (χ1) is 12.8. The van der Waals surface area contributed by atoms with Crippen LogP contribution in [0.2, 0.25) is 0 Å². The largest absolute Gasteiger partial charge is 0.390 e. The molecule has 1 saturated heterocycles. The van der Waals surface area contributed by atoms with Gasteiger partial charge in [-0.25, -0.2) is 0 Å². The van der Waals surface area contributed by atoms with Gasteiger partial charge in [0.25, 0.3) is 0 Å². The van der Waals surface area contributed by atoms with E-state index in [-0.39, 0.29) is 0 Å². The van der Waals surface area contributed by atoms with E-state index in [0.29, 0.717) is 6.04 Å². The van der Waals surface area contributed by atoms with Crippen molar-refractivity contribution in [1.29, 1.82) is 0 Å². The van der Waals surface area contributed by atoms with Crippen LogP contribution in [0.25, 0.3) is 11.9 Å². The molecule has 2 aliphatic rings. The number of piperazine rings is 1. The average Bonchev–Trinajstić information content (AvgIpc) is 2.89. The summed E-state index contributed by atoms with van der Waals surface area (Å²) in [5, 5.41) is 17.2. The molecule has 0 aromatic carbocycles. The molecule has 4 rings (SSSR count). The number of rotatable bonds is 3. The Bertz CT molecular complexity index is 959.